The minimum atomic E-state index is -0.277. The molecule has 28 heavy (non-hydrogen) atoms. The molecule has 1 aliphatic rings. The molecule has 0 saturated heterocycles. The third-order valence-electron chi connectivity index (χ3n) is 5.51. The highest BCUT2D eigenvalue weighted by atomic mass is 19.1. The fourth-order valence-corrected chi connectivity index (χ4v) is 3.97. The van der Waals surface area contributed by atoms with Gasteiger partial charge in [-0.1, -0.05) is 18.2 Å². The third-order valence-corrected chi connectivity index (χ3v) is 5.51. The third kappa shape index (κ3) is 2.60. The molecule has 5 rings (SSSR count). The molecule has 0 unspecified atom stereocenters. The number of aryl methyl sites for hydroxylation is 1. The summed E-state index contributed by atoms with van der Waals surface area (Å²) >= 11 is 0. The number of para-hydroxylation sites is 1. The van der Waals surface area contributed by atoms with Crippen LogP contribution in [0.4, 0.5) is 4.39 Å². The van der Waals surface area contributed by atoms with Crippen LogP contribution in [-0.2, 0) is 20.0 Å². The van der Waals surface area contributed by atoms with E-state index in [4.69, 9.17) is 0 Å². The van der Waals surface area contributed by atoms with Crippen LogP contribution in [0, 0.1) is 5.82 Å². The van der Waals surface area contributed by atoms with E-state index in [1.807, 2.05) is 46.8 Å². The molecule has 0 fully saturated rings. The van der Waals surface area contributed by atoms with Crippen molar-refractivity contribution in [1.82, 2.24) is 19.7 Å². The van der Waals surface area contributed by atoms with Crippen molar-refractivity contribution in [3.05, 3.63) is 77.4 Å². The predicted molar refractivity (Wildman–Crippen MR) is 105 cm³/mol. The Labute approximate surface area is 161 Å². The van der Waals surface area contributed by atoms with Crippen LogP contribution in [0.15, 0.2) is 54.6 Å². The lowest BCUT2D eigenvalue weighted by molar-refractivity contribution is 0.0725. The Bertz CT molecular complexity index is 1190. The molecule has 1 N–H and O–H groups in total. The molecule has 6 heteroatoms. The number of hydrogen-bond donors (Lipinski definition) is 1. The minimum absolute atomic E-state index is 0.00982. The molecule has 140 valence electrons. The Morgan fingerprint density at radius 2 is 1.93 bits per heavy atom. The van der Waals surface area contributed by atoms with E-state index < -0.39 is 0 Å². The Morgan fingerprint density at radius 1 is 1.14 bits per heavy atom. The fraction of sp³-hybridized carbons (Fsp3) is 0.182. The molecular formula is C22H19FN4O. The Morgan fingerprint density at radius 3 is 2.71 bits per heavy atom. The smallest absolute Gasteiger partial charge is 0.270 e. The first-order valence-corrected chi connectivity index (χ1v) is 9.27. The fourth-order valence-electron chi connectivity index (χ4n) is 3.97. The molecule has 0 spiro atoms. The number of aromatic nitrogens is 3. The van der Waals surface area contributed by atoms with Crippen LogP contribution < -0.4 is 0 Å². The minimum Gasteiger partial charge on any atom is -0.340 e. The zero-order chi connectivity index (χ0) is 19.3. The molecule has 0 saturated carbocycles. The topological polar surface area (TPSA) is 53.9 Å². The number of hydrogen-bond acceptors (Lipinski definition) is 2. The largest absolute Gasteiger partial charge is 0.340 e. The average Bonchev–Trinajstić information content (AvgIpc) is 3.29. The molecule has 3 heterocycles. The summed E-state index contributed by atoms with van der Waals surface area (Å²) in [4.78, 5) is 15.1. The molecule has 0 aliphatic carbocycles. The second-order valence-corrected chi connectivity index (χ2v) is 7.16. The van der Waals surface area contributed by atoms with Crippen molar-refractivity contribution in [3.63, 3.8) is 0 Å². The van der Waals surface area contributed by atoms with Gasteiger partial charge in [-0.25, -0.2) is 4.39 Å². The molecule has 2 aromatic carbocycles. The number of nitrogens with one attached hydrogen (secondary N) is 1. The first kappa shape index (κ1) is 16.7. The zero-order valence-electron chi connectivity index (χ0n) is 15.4. The van der Waals surface area contributed by atoms with Crippen LogP contribution in [0.3, 0.4) is 0 Å². The quantitative estimate of drug-likeness (QED) is 0.578. The van der Waals surface area contributed by atoms with Gasteiger partial charge in [0.15, 0.2) is 0 Å². The molecule has 0 atom stereocenters. The highest BCUT2D eigenvalue weighted by Gasteiger charge is 2.28. The van der Waals surface area contributed by atoms with Crippen LogP contribution in [0.5, 0.6) is 0 Å². The molecule has 1 aliphatic heterocycles. The highest BCUT2D eigenvalue weighted by Crippen LogP contribution is 2.29. The summed E-state index contributed by atoms with van der Waals surface area (Å²) in [7, 11) is 1.92. The molecular weight excluding hydrogens is 355 g/mol. The standard InChI is InChI=1S/C22H19FN4O/c1-26-19-5-3-2-4-15(19)12-20(26)22(28)27-11-10-18-17(13-27)21(25-24-18)14-6-8-16(23)9-7-14/h2-9,12H,10-11,13H2,1H3,(H,24,25). The van der Waals surface area contributed by atoms with E-state index in [9.17, 15) is 9.18 Å². The normalized spacial score (nSPS) is 13.7. The van der Waals surface area contributed by atoms with Gasteiger partial charge in [0.2, 0.25) is 0 Å². The molecule has 1 amide bonds. The van der Waals surface area contributed by atoms with E-state index in [0.717, 1.165) is 39.8 Å². The lowest BCUT2D eigenvalue weighted by atomic mass is 10.0. The number of rotatable bonds is 2. The summed E-state index contributed by atoms with van der Waals surface area (Å²) in [6.07, 6.45) is 0.721. The summed E-state index contributed by atoms with van der Waals surface area (Å²) in [5, 5.41) is 8.57. The summed E-state index contributed by atoms with van der Waals surface area (Å²) in [6.45, 7) is 1.12. The van der Waals surface area contributed by atoms with Gasteiger partial charge in [-0.05, 0) is 36.4 Å². The van der Waals surface area contributed by atoms with Crippen molar-refractivity contribution >= 4 is 16.8 Å². The maximum atomic E-state index is 13.3. The molecule has 4 aromatic rings. The average molecular weight is 374 g/mol. The number of fused-ring (bicyclic) bond motifs is 2. The number of H-pyrrole nitrogens is 1. The molecule has 0 radical (unpaired) electrons. The van der Waals surface area contributed by atoms with Gasteiger partial charge < -0.3 is 9.47 Å². The highest BCUT2D eigenvalue weighted by molar-refractivity contribution is 5.98. The predicted octanol–water partition coefficient (Wildman–Crippen LogP) is 3.91. The maximum absolute atomic E-state index is 13.3. The van der Waals surface area contributed by atoms with Gasteiger partial charge in [0.1, 0.15) is 11.5 Å². The van der Waals surface area contributed by atoms with Gasteiger partial charge in [0.05, 0.1) is 12.2 Å². The van der Waals surface area contributed by atoms with Crippen LogP contribution in [0.25, 0.3) is 22.2 Å². The number of carbonyl (C=O) groups excluding carboxylic acids is 1. The van der Waals surface area contributed by atoms with Crippen molar-refractivity contribution in [2.45, 2.75) is 13.0 Å². The SMILES string of the molecule is Cn1c(C(=O)N2CCc3[nH]nc(-c4ccc(F)cc4)c3C2)cc2ccccc21. The van der Waals surface area contributed by atoms with Gasteiger partial charge >= 0.3 is 0 Å². The number of halogens is 1. The number of aromatic amines is 1. The zero-order valence-corrected chi connectivity index (χ0v) is 15.4. The van der Waals surface area contributed by atoms with Gasteiger partial charge in [-0.3, -0.25) is 9.89 Å². The maximum Gasteiger partial charge on any atom is 0.270 e. The van der Waals surface area contributed by atoms with Crippen molar-refractivity contribution in [2.75, 3.05) is 6.54 Å². The Balaban J connectivity index is 1.48. The lowest BCUT2D eigenvalue weighted by Crippen LogP contribution is -2.36. The summed E-state index contributed by atoms with van der Waals surface area (Å²) in [5.41, 5.74) is 5.39. The summed E-state index contributed by atoms with van der Waals surface area (Å²) in [5.74, 6) is -0.267. The summed E-state index contributed by atoms with van der Waals surface area (Å²) < 4.78 is 15.2. The Kier molecular flexibility index (Phi) is 3.79. The van der Waals surface area contributed by atoms with Crippen LogP contribution in [0.2, 0.25) is 0 Å². The van der Waals surface area contributed by atoms with E-state index in [0.29, 0.717) is 18.8 Å². The monoisotopic (exact) mass is 374 g/mol. The van der Waals surface area contributed by atoms with E-state index in [2.05, 4.69) is 10.2 Å². The Hall–Kier alpha value is -3.41. The molecule has 5 nitrogen and oxygen atoms in total. The second-order valence-electron chi connectivity index (χ2n) is 7.16. The first-order chi connectivity index (χ1) is 13.6. The second kappa shape index (κ2) is 6.34. The van der Waals surface area contributed by atoms with Crippen molar-refractivity contribution in [1.29, 1.82) is 0 Å². The van der Waals surface area contributed by atoms with Gasteiger partial charge in [0.25, 0.3) is 5.91 Å². The van der Waals surface area contributed by atoms with E-state index in [1.165, 1.54) is 12.1 Å². The van der Waals surface area contributed by atoms with E-state index in [1.54, 1.807) is 12.1 Å². The summed E-state index contributed by atoms with van der Waals surface area (Å²) in [6, 6.07) is 16.2. The lowest BCUT2D eigenvalue weighted by Gasteiger charge is -2.27. The number of nitrogens with zero attached hydrogens (tertiary/aromatic N) is 3. The van der Waals surface area contributed by atoms with Crippen LogP contribution in [-0.4, -0.2) is 32.1 Å². The number of benzene rings is 2. The van der Waals surface area contributed by atoms with E-state index in [-0.39, 0.29) is 11.7 Å². The van der Waals surface area contributed by atoms with Crippen LogP contribution >= 0.6 is 0 Å². The van der Waals surface area contributed by atoms with Crippen LogP contribution in [0.1, 0.15) is 21.7 Å². The number of carbonyl (C=O) groups is 1. The number of amides is 1. The molecule has 2 aromatic heterocycles. The van der Waals surface area contributed by atoms with Crippen molar-refractivity contribution < 1.29 is 9.18 Å². The van der Waals surface area contributed by atoms with Crippen molar-refractivity contribution in [3.8, 4) is 11.3 Å². The first-order valence-electron chi connectivity index (χ1n) is 9.27. The van der Waals surface area contributed by atoms with E-state index >= 15 is 0 Å². The van der Waals surface area contributed by atoms with Gasteiger partial charge in [-0.15, -0.1) is 0 Å². The van der Waals surface area contributed by atoms with Crippen molar-refractivity contribution in [2.24, 2.45) is 7.05 Å². The van der Waals surface area contributed by atoms with Gasteiger partial charge in [-0.2, -0.15) is 5.10 Å². The molecule has 0 bridgehead atoms. The van der Waals surface area contributed by atoms with Gasteiger partial charge in [0, 0.05) is 47.7 Å².